The van der Waals surface area contributed by atoms with Crippen molar-refractivity contribution in [1.29, 1.82) is 0 Å². The van der Waals surface area contributed by atoms with Crippen molar-refractivity contribution in [3.63, 3.8) is 0 Å². The third-order valence-corrected chi connectivity index (χ3v) is 17.9. The lowest BCUT2D eigenvalue weighted by Crippen LogP contribution is -2.43. The molecule has 0 N–H and O–H groups in total. The van der Waals surface area contributed by atoms with E-state index in [1.807, 2.05) is 12.1 Å². The van der Waals surface area contributed by atoms with Gasteiger partial charge in [0.25, 0.3) is 0 Å². The molecular formula is C38H54O5Si2. The number of esters is 1. The van der Waals surface area contributed by atoms with Crippen LogP contribution in [0.5, 0.6) is 17.2 Å². The molecule has 3 aromatic rings. The molecule has 0 atom stereocenters. The second kappa shape index (κ2) is 14.4. The molecule has 244 valence electrons. The van der Waals surface area contributed by atoms with Gasteiger partial charge in [0.15, 0.2) is 6.61 Å². The smallest absolute Gasteiger partial charge is 0.344 e. The Hall–Kier alpha value is -3.30. The van der Waals surface area contributed by atoms with E-state index >= 15 is 0 Å². The Balaban J connectivity index is 2.05. The highest BCUT2D eigenvalue weighted by Gasteiger charge is 2.39. The van der Waals surface area contributed by atoms with Crippen LogP contribution in [0.3, 0.4) is 0 Å². The summed E-state index contributed by atoms with van der Waals surface area (Å²) in [5, 5.41) is 0.240. The maximum atomic E-state index is 11.8. The van der Waals surface area contributed by atoms with Crippen molar-refractivity contribution in [3.8, 4) is 17.2 Å². The number of rotatable bonds is 12. The molecule has 3 aromatic carbocycles. The molecule has 45 heavy (non-hydrogen) atoms. The summed E-state index contributed by atoms with van der Waals surface area (Å²) in [7, 11) is -3.91. The SMILES string of the molecule is CCOC(=O)COc1ccc(/C(=C(/CC)c2ccc(O[Si](C)(C)C(C)(C)C)cc2)c2ccc(O[Si](C)(C)C(C)(C)C)cc2)cc1. The van der Waals surface area contributed by atoms with Crippen LogP contribution in [0, 0.1) is 0 Å². The Kier molecular flexibility index (Phi) is 11.6. The van der Waals surface area contributed by atoms with E-state index in [1.54, 1.807) is 6.92 Å². The molecule has 0 unspecified atom stereocenters. The second-order valence-electron chi connectivity index (χ2n) is 14.6. The van der Waals surface area contributed by atoms with Crippen LogP contribution < -0.4 is 13.6 Å². The van der Waals surface area contributed by atoms with Crippen molar-refractivity contribution in [3.05, 3.63) is 89.5 Å². The summed E-state index contributed by atoms with van der Waals surface area (Å²) in [6, 6.07) is 25.0. The minimum absolute atomic E-state index is 0.115. The fraction of sp³-hybridized carbons (Fsp3) is 0.447. The fourth-order valence-corrected chi connectivity index (χ4v) is 6.48. The molecule has 0 saturated carbocycles. The van der Waals surface area contributed by atoms with Gasteiger partial charge < -0.3 is 18.3 Å². The maximum Gasteiger partial charge on any atom is 0.344 e. The van der Waals surface area contributed by atoms with Crippen LogP contribution in [0.25, 0.3) is 11.1 Å². The lowest BCUT2D eigenvalue weighted by molar-refractivity contribution is -0.145. The molecule has 3 rings (SSSR count). The van der Waals surface area contributed by atoms with E-state index < -0.39 is 16.6 Å². The van der Waals surface area contributed by atoms with Gasteiger partial charge in [0.2, 0.25) is 16.6 Å². The van der Waals surface area contributed by atoms with Crippen molar-refractivity contribution >= 4 is 33.8 Å². The molecule has 7 heteroatoms. The normalized spacial score (nSPS) is 13.2. The topological polar surface area (TPSA) is 54.0 Å². The molecule has 0 amide bonds. The molecule has 0 aliphatic heterocycles. The van der Waals surface area contributed by atoms with Crippen LogP contribution in [0.1, 0.15) is 78.5 Å². The predicted octanol–water partition coefficient (Wildman–Crippen LogP) is 10.8. The van der Waals surface area contributed by atoms with E-state index in [4.69, 9.17) is 18.3 Å². The van der Waals surface area contributed by atoms with Crippen molar-refractivity contribution in [2.24, 2.45) is 0 Å². The number of carbonyl (C=O) groups is 1. The molecule has 0 heterocycles. The first-order chi connectivity index (χ1) is 20.9. The highest BCUT2D eigenvalue weighted by atomic mass is 28.4. The first kappa shape index (κ1) is 36.2. The molecule has 0 aliphatic carbocycles. The fourth-order valence-electron chi connectivity index (χ4n) is 4.41. The van der Waals surface area contributed by atoms with Gasteiger partial charge in [-0.05, 0) is 114 Å². The van der Waals surface area contributed by atoms with E-state index in [-0.39, 0.29) is 22.7 Å². The van der Waals surface area contributed by atoms with Crippen LogP contribution in [0.4, 0.5) is 0 Å². The van der Waals surface area contributed by atoms with Gasteiger partial charge in [-0.1, -0.05) is 84.9 Å². The first-order valence-corrected chi connectivity index (χ1v) is 21.9. The Labute approximate surface area is 274 Å². The van der Waals surface area contributed by atoms with E-state index in [0.29, 0.717) is 12.4 Å². The van der Waals surface area contributed by atoms with Gasteiger partial charge in [-0.15, -0.1) is 0 Å². The van der Waals surface area contributed by atoms with Crippen LogP contribution in [0.15, 0.2) is 72.8 Å². The van der Waals surface area contributed by atoms with Crippen molar-refractivity contribution < 1.29 is 23.1 Å². The largest absolute Gasteiger partial charge is 0.544 e. The van der Waals surface area contributed by atoms with Crippen LogP contribution in [-0.2, 0) is 9.53 Å². The van der Waals surface area contributed by atoms with E-state index in [0.717, 1.165) is 40.2 Å². The number of hydrogen-bond acceptors (Lipinski definition) is 5. The van der Waals surface area contributed by atoms with Gasteiger partial charge in [0.1, 0.15) is 17.2 Å². The number of carbonyl (C=O) groups excluding carboxylic acids is 1. The van der Waals surface area contributed by atoms with E-state index in [2.05, 4.69) is 135 Å². The predicted molar refractivity (Wildman–Crippen MR) is 193 cm³/mol. The minimum Gasteiger partial charge on any atom is -0.544 e. The van der Waals surface area contributed by atoms with E-state index in [9.17, 15) is 4.79 Å². The van der Waals surface area contributed by atoms with Crippen molar-refractivity contribution in [1.82, 2.24) is 0 Å². The average Bonchev–Trinajstić information content (AvgIpc) is 2.95. The zero-order valence-electron chi connectivity index (χ0n) is 29.6. The lowest BCUT2D eigenvalue weighted by atomic mass is 9.88. The number of benzene rings is 3. The number of allylic oxidation sites excluding steroid dienone is 1. The quantitative estimate of drug-likeness (QED) is 0.111. The van der Waals surface area contributed by atoms with Crippen LogP contribution >= 0.6 is 0 Å². The van der Waals surface area contributed by atoms with Crippen molar-refractivity contribution in [2.45, 2.75) is 98.1 Å². The molecule has 5 nitrogen and oxygen atoms in total. The van der Waals surface area contributed by atoms with Crippen LogP contribution in [0.2, 0.25) is 36.3 Å². The average molecular weight is 647 g/mol. The summed E-state index contributed by atoms with van der Waals surface area (Å²) in [5.74, 6) is 2.06. The molecule has 0 fully saturated rings. The standard InChI is InChI=1S/C38H54O5Si2/c1-13-34(28-15-23-32(24-16-28)42-44(9,10)37(3,4)5)36(29-17-21-31(22-18-29)41-27-35(39)40-14-2)30-19-25-33(26-20-30)43-45(11,12)38(6,7)8/h15-26H,13-14,27H2,1-12H3/b36-34+. The molecule has 0 bridgehead atoms. The number of hydrogen-bond donors (Lipinski definition) is 0. The maximum absolute atomic E-state index is 11.8. The highest BCUT2D eigenvalue weighted by Crippen LogP contribution is 2.40. The first-order valence-electron chi connectivity index (χ1n) is 16.1. The van der Waals surface area contributed by atoms with Gasteiger partial charge in [0.05, 0.1) is 6.61 Å². The zero-order valence-corrected chi connectivity index (χ0v) is 31.6. The molecule has 0 saturated heterocycles. The van der Waals surface area contributed by atoms with Gasteiger partial charge in [0, 0.05) is 0 Å². The summed E-state index contributed by atoms with van der Waals surface area (Å²) in [6.07, 6.45) is 0.834. The summed E-state index contributed by atoms with van der Waals surface area (Å²) >= 11 is 0. The Morgan fingerprint density at radius 3 is 1.33 bits per heavy atom. The summed E-state index contributed by atoms with van der Waals surface area (Å²) in [5.41, 5.74) is 5.70. The monoisotopic (exact) mass is 646 g/mol. The van der Waals surface area contributed by atoms with Gasteiger partial charge >= 0.3 is 5.97 Å². The van der Waals surface area contributed by atoms with Gasteiger partial charge in [-0.25, -0.2) is 4.79 Å². The van der Waals surface area contributed by atoms with E-state index in [1.165, 1.54) is 5.57 Å². The molecule has 0 spiro atoms. The molecule has 0 aliphatic rings. The summed E-state index contributed by atoms with van der Waals surface area (Å²) in [4.78, 5) is 11.8. The van der Waals surface area contributed by atoms with Crippen LogP contribution in [-0.4, -0.2) is 35.8 Å². The summed E-state index contributed by atoms with van der Waals surface area (Å²) in [6.45, 7) is 26.8. The lowest BCUT2D eigenvalue weighted by Gasteiger charge is -2.36. The Bertz CT molecular complexity index is 1440. The summed E-state index contributed by atoms with van der Waals surface area (Å²) < 4.78 is 23.9. The molecule has 0 radical (unpaired) electrons. The molecular weight excluding hydrogens is 593 g/mol. The second-order valence-corrected chi connectivity index (χ2v) is 24.0. The minimum atomic E-state index is -1.97. The van der Waals surface area contributed by atoms with Gasteiger partial charge in [-0.3, -0.25) is 0 Å². The van der Waals surface area contributed by atoms with Crippen molar-refractivity contribution in [2.75, 3.05) is 13.2 Å². The molecule has 0 aromatic heterocycles. The third-order valence-electron chi connectivity index (χ3n) is 9.16. The zero-order chi connectivity index (χ0) is 33.6. The van der Waals surface area contributed by atoms with Gasteiger partial charge in [-0.2, -0.15) is 0 Å². The Morgan fingerprint density at radius 1 is 0.600 bits per heavy atom. The highest BCUT2D eigenvalue weighted by molar-refractivity contribution is 6.75. The third kappa shape index (κ3) is 9.36. The Morgan fingerprint density at radius 2 is 0.978 bits per heavy atom. The number of ether oxygens (including phenoxy) is 2.